The Bertz CT molecular complexity index is 1290. The highest BCUT2D eigenvalue weighted by molar-refractivity contribution is 8.00. The maximum atomic E-state index is 12.8. The van der Waals surface area contributed by atoms with Gasteiger partial charge in [0.15, 0.2) is 0 Å². The van der Waals surface area contributed by atoms with E-state index >= 15 is 0 Å². The molecule has 0 radical (unpaired) electrons. The molecule has 0 fully saturated rings. The van der Waals surface area contributed by atoms with Gasteiger partial charge < -0.3 is 14.6 Å². The molecule has 0 bridgehead atoms. The molecular weight excluding hydrogens is 398 g/mol. The Hall–Kier alpha value is -3.09. The Morgan fingerprint density at radius 1 is 1.07 bits per heavy atom. The van der Waals surface area contributed by atoms with E-state index in [2.05, 4.69) is 0 Å². The van der Waals surface area contributed by atoms with E-state index in [-0.39, 0.29) is 11.0 Å². The van der Waals surface area contributed by atoms with Gasteiger partial charge in [0.1, 0.15) is 11.3 Å². The van der Waals surface area contributed by atoms with Crippen LogP contribution in [0.25, 0.3) is 11.0 Å². The summed E-state index contributed by atoms with van der Waals surface area (Å²) in [4.78, 5) is 18.6. The van der Waals surface area contributed by atoms with Crippen molar-refractivity contribution in [3.8, 4) is 0 Å². The second kappa shape index (κ2) is 7.63. The van der Waals surface area contributed by atoms with Crippen molar-refractivity contribution in [2.24, 2.45) is 4.99 Å². The van der Waals surface area contributed by atoms with Crippen LogP contribution < -0.4 is 5.63 Å². The van der Waals surface area contributed by atoms with Crippen molar-refractivity contribution in [2.45, 2.75) is 29.1 Å². The number of thioether (sulfide) groups is 1. The monoisotopic (exact) mass is 417 g/mol. The Balaban J connectivity index is 1.64. The van der Waals surface area contributed by atoms with E-state index in [1.54, 1.807) is 23.9 Å². The number of para-hydroxylation sites is 2. The van der Waals surface area contributed by atoms with E-state index in [9.17, 15) is 15.0 Å². The molecule has 0 spiro atoms. The standard InChI is InChI=1S/C24H19NO4S/c26-16-9-15(10-17(27)12-16)23-13-20(25-19-6-2-4-8-22(19)30-23)18-11-14-5-1-3-7-21(14)29-24(18)28/h1-9,11-12,17,23,26-27H,10,13H2. The van der Waals surface area contributed by atoms with Gasteiger partial charge in [-0.1, -0.05) is 30.3 Å². The molecule has 0 saturated heterocycles. The summed E-state index contributed by atoms with van der Waals surface area (Å²) in [6, 6.07) is 17.0. The third-order valence-electron chi connectivity index (χ3n) is 5.28. The fourth-order valence-corrected chi connectivity index (χ4v) is 5.12. The quantitative estimate of drug-likeness (QED) is 0.579. The maximum absolute atomic E-state index is 12.8. The minimum Gasteiger partial charge on any atom is -0.508 e. The lowest BCUT2D eigenvalue weighted by Crippen LogP contribution is -2.22. The molecule has 3 aromatic rings. The summed E-state index contributed by atoms with van der Waals surface area (Å²) >= 11 is 1.63. The number of allylic oxidation sites excluding steroid dienone is 1. The van der Waals surface area contributed by atoms with Crippen LogP contribution in [0.3, 0.4) is 0 Å². The first-order valence-electron chi connectivity index (χ1n) is 9.72. The molecule has 0 saturated carbocycles. The molecule has 6 heteroatoms. The molecule has 5 nitrogen and oxygen atoms in total. The van der Waals surface area contributed by atoms with Crippen LogP contribution in [0, 0.1) is 0 Å². The average Bonchev–Trinajstić information content (AvgIpc) is 2.92. The summed E-state index contributed by atoms with van der Waals surface area (Å²) in [5.41, 5.74) is 2.91. The molecule has 1 aliphatic heterocycles. The van der Waals surface area contributed by atoms with Gasteiger partial charge in [-0.2, -0.15) is 0 Å². The molecule has 2 unspecified atom stereocenters. The number of hydrogen-bond donors (Lipinski definition) is 2. The van der Waals surface area contributed by atoms with Gasteiger partial charge in [0.05, 0.1) is 23.1 Å². The third kappa shape index (κ3) is 3.60. The van der Waals surface area contributed by atoms with Gasteiger partial charge >= 0.3 is 5.63 Å². The van der Waals surface area contributed by atoms with Crippen LogP contribution in [0.15, 0.2) is 97.2 Å². The molecule has 2 aliphatic rings. The predicted molar refractivity (Wildman–Crippen MR) is 119 cm³/mol. The van der Waals surface area contributed by atoms with Crippen molar-refractivity contribution < 1.29 is 14.6 Å². The van der Waals surface area contributed by atoms with Crippen LogP contribution in [0.1, 0.15) is 18.4 Å². The zero-order valence-electron chi connectivity index (χ0n) is 16.0. The molecule has 5 rings (SSSR count). The molecule has 2 N–H and O–H groups in total. The van der Waals surface area contributed by atoms with Crippen molar-refractivity contribution in [2.75, 3.05) is 0 Å². The first-order valence-corrected chi connectivity index (χ1v) is 10.6. The topological polar surface area (TPSA) is 83.0 Å². The van der Waals surface area contributed by atoms with Gasteiger partial charge in [0.25, 0.3) is 0 Å². The number of fused-ring (bicyclic) bond motifs is 2. The van der Waals surface area contributed by atoms with Gasteiger partial charge in [-0.05, 0) is 48.4 Å². The minimum atomic E-state index is -0.727. The number of hydrogen-bond acceptors (Lipinski definition) is 6. The van der Waals surface area contributed by atoms with E-state index in [0.717, 1.165) is 21.5 Å². The fraction of sp³-hybridized carbons (Fsp3) is 0.167. The van der Waals surface area contributed by atoms with Crippen molar-refractivity contribution in [1.82, 2.24) is 0 Å². The number of aliphatic hydroxyl groups is 2. The van der Waals surface area contributed by atoms with Gasteiger partial charge in [0, 0.05) is 22.0 Å². The lowest BCUT2D eigenvalue weighted by Gasteiger charge is -2.23. The van der Waals surface area contributed by atoms with Crippen LogP contribution in [-0.4, -0.2) is 27.3 Å². The molecule has 30 heavy (non-hydrogen) atoms. The molecule has 2 atom stereocenters. The van der Waals surface area contributed by atoms with Crippen molar-refractivity contribution in [3.63, 3.8) is 0 Å². The van der Waals surface area contributed by atoms with Crippen LogP contribution in [0.4, 0.5) is 5.69 Å². The van der Waals surface area contributed by atoms with Gasteiger partial charge in [-0.15, -0.1) is 11.8 Å². The molecule has 0 amide bonds. The summed E-state index contributed by atoms with van der Waals surface area (Å²) in [5.74, 6) is 0.0607. The zero-order chi connectivity index (χ0) is 20.7. The summed E-state index contributed by atoms with van der Waals surface area (Å²) in [5, 5.41) is 20.9. The molecule has 1 aliphatic carbocycles. The highest BCUT2D eigenvalue weighted by Crippen LogP contribution is 2.42. The molecule has 1 aromatic heterocycles. The SMILES string of the molecule is O=c1oc2ccccc2cc1C1=Nc2ccccc2SC(C2=CC(O)=CC(O)C2)C1. The van der Waals surface area contributed by atoms with E-state index in [0.29, 0.717) is 29.7 Å². The van der Waals surface area contributed by atoms with Gasteiger partial charge in [0.2, 0.25) is 0 Å². The number of rotatable bonds is 2. The van der Waals surface area contributed by atoms with E-state index in [1.165, 1.54) is 6.08 Å². The first-order chi connectivity index (χ1) is 14.6. The lowest BCUT2D eigenvalue weighted by molar-refractivity contribution is 0.213. The van der Waals surface area contributed by atoms with Gasteiger partial charge in [-0.3, -0.25) is 4.99 Å². The third-order valence-corrected chi connectivity index (χ3v) is 6.63. The van der Waals surface area contributed by atoms with Crippen LogP contribution in [-0.2, 0) is 0 Å². The second-order valence-corrected chi connectivity index (χ2v) is 8.65. The van der Waals surface area contributed by atoms with Crippen molar-refractivity contribution in [3.05, 3.63) is 94.1 Å². The summed E-state index contributed by atoms with van der Waals surface area (Å²) in [6.45, 7) is 0. The Labute approximate surface area is 177 Å². The lowest BCUT2D eigenvalue weighted by atomic mass is 9.94. The fourth-order valence-electron chi connectivity index (χ4n) is 3.87. The van der Waals surface area contributed by atoms with E-state index < -0.39 is 11.7 Å². The normalized spacial score (nSPS) is 21.3. The second-order valence-electron chi connectivity index (χ2n) is 7.40. The van der Waals surface area contributed by atoms with Crippen molar-refractivity contribution >= 4 is 34.1 Å². The van der Waals surface area contributed by atoms with Crippen molar-refractivity contribution in [1.29, 1.82) is 0 Å². The minimum absolute atomic E-state index is 0.0607. The van der Waals surface area contributed by atoms with E-state index in [4.69, 9.17) is 9.41 Å². The maximum Gasteiger partial charge on any atom is 0.345 e. The van der Waals surface area contributed by atoms with Crippen LogP contribution in [0.2, 0.25) is 0 Å². The Kier molecular flexibility index (Phi) is 4.81. The van der Waals surface area contributed by atoms with Gasteiger partial charge in [-0.25, -0.2) is 4.79 Å². The molecule has 2 heterocycles. The summed E-state index contributed by atoms with van der Waals surface area (Å²) < 4.78 is 5.54. The van der Waals surface area contributed by atoms with E-state index in [1.807, 2.05) is 48.5 Å². The average molecular weight is 417 g/mol. The smallest absolute Gasteiger partial charge is 0.345 e. The predicted octanol–water partition coefficient (Wildman–Crippen LogP) is 4.91. The number of benzene rings is 2. The van der Waals surface area contributed by atoms with Crippen LogP contribution >= 0.6 is 11.8 Å². The Morgan fingerprint density at radius 2 is 1.87 bits per heavy atom. The van der Waals surface area contributed by atoms with Crippen LogP contribution in [0.5, 0.6) is 0 Å². The molecule has 150 valence electrons. The first kappa shape index (κ1) is 18.9. The number of aliphatic imine (C=N–C) groups is 1. The summed E-state index contributed by atoms with van der Waals surface area (Å²) in [6.07, 6.45) is 3.33. The molecular formula is C24H19NO4S. The zero-order valence-corrected chi connectivity index (χ0v) is 16.8. The highest BCUT2D eigenvalue weighted by atomic mass is 32.2. The largest absolute Gasteiger partial charge is 0.508 e. The number of nitrogens with zero attached hydrogens (tertiary/aromatic N) is 1. The molecule has 2 aromatic carbocycles. The number of aliphatic hydroxyl groups excluding tert-OH is 2. The Morgan fingerprint density at radius 3 is 2.73 bits per heavy atom. The summed E-state index contributed by atoms with van der Waals surface area (Å²) in [7, 11) is 0. The highest BCUT2D eigenvalue weighted by Gasteiger charge is 2.28.